The second-order valence-corrected chi connectivity index (χ2v) is 6.03. The standard InChI is InChI=1S/C8H14F6O4Si/c1-3-4-16-5-6-19(15-2,17-7(9,10)11)18-8(12,13)14/h3-6H2,1-2H3. The molecule has 0 aromatic heterocycles. The van der Waals surface area contributed by atoms with E-state index >= 15 is 0 Å². The van der Waals surface area contributed by atoms with E-state index in [1.54, 1.807) is 6.92 Å². The lowest BCUT2D eigenvalue weighted by Crippen LogP contribution is -2.52. The van der Waals surface area contributed by atoms with Gasteiger partial charge in [-0.15, -0.1) is 26.3 Å². The van der Waals surface area contributed by atoms with Gasteiger partial charge in [0, 0.05) is 19.8 Å². The van der Waals surface area contributed by atoms with Gasteiger partial charge in [0.2, 0.25) is 0 Å². The molecular formula is C8H14F6O4Si. The van der Waals surface area contributed by atoms with Crippen LogP contribution in [0.4, 0.5) is 26.3 Å². The molecule has 0 radical (unpaired) electrons. The SMILES string of the molecule is CCCOCC[Si](OC)(OC(F)(F)F)OC(F)(F)F. The zero-order valence-corrected chi connectivity index (χ0v) is 11.2. The zero-order chi connectivity index (χ0) is 15.2. The van der Waals surface area contributed by atoms with Crippen LogP contribution in [-0.4, -0.2) is 41.9 Å². The van der Waals surface area contributed by atoms with Crippen molar-refractivity contribution in [3.63, 3.8) is 0 Å². The molecule has 0 saturated heterocycles. The molecule has 0 atom stereocenters. The molecule has 116 valence electrons. The van der Waals surface area contributed by atoms with E-state index in [9.17, 15) is 26.3 Å². The van der Waals surface area contributed by atoms with Gasteiger partial charge in [0.05, 0.1) is 6.61 Å². The molecule has 0 amide bonds. The molecule has 0 aromatic carbocycles. The Hall–Kier alpha value is -0.363. The molecule has 0 heterocycles. The van der Waals surface area contributed by atoms with Gasteiger partial charge in [-0.1, -0.05) is 6.92 Å². The maximum absolute atomic E-state index is 12.1. The summed E-state index contributed by atoms with van der Waals surface area (Å²) in [5.41, 5.74) is 0. The molecule has 0 spiro atoms. The Bertz CT molecular complexity index is 241. The molecule has 0 aliphatic rings. The third-order valence-corrected chi connectivity index (χ3v) is 4.28. The van der Waals surface area contributed by atoms with Crippen molar-refractivity contribution in [1.29, 1.82) is 0 Å². The van der Waals surface area contributed by atoms with Crippen LogP contribution in [0.1, 0.15) is 13.3 Å². The Kier molecular flexibility index (Phi) is 7.29. The Morgan fingerprint density at radius 2 is 1.37 bits per heavy atom. The fraction of sp³-hybridized carbons (Fsp3) is 1.00. The monoisotopic (exact) mass is 316 g/mol. The van der Waals surface area contributed by atoms with Crippen LogP contribution in [0.5, 0.6) is 0 Å². The van der Waals surface area contributed by atoms with Gasteiger partial charge in [0.25, 0.3) is 0 Å². The van der Waals surface area contributed by atoms with E-state index in [1.165, 1.54) is 0 Å². The minimum Gasteiger partial charge on any atom is -0.381 e. The number of hydrogen-bond acceptors (Lipinski definition) is 4. The van der Waals surface area contributed by atoms with Crippen LogP contribution in [0.2, 0.25) is 6.04 Å². The van der Waals surface area contributed by atoms with E-state index in [4.69, 9.17) is 4.74 Å². The summed E-state index contributed by atoms with van der Waals surface area (Å²) in [6.07, 6.45) is -10.0. The molecule has 0 saturated carbocycles. The molecule has 19 heavy (non-hydrogen) atoms. The van der Waals surface area contributed by atoms with Crippen LogP contribution in [0.15, 0.2) is 0 Å². The van der Waals surface area contributed by atoms with Crippen molar-refractivity contribution in [2.45, 2.75) is 32.1 Å². The fourth-order valence-electron chi connectivity index (χ4n) is 1.10. The van der Waals surface area contributed by atoms with E-state index in [1.807, 2.05) is 0 Å². The first-order valence-electron chi connectivity index (χ1n) is 5.20. The summed E-state index contributed by atoms with van der Waals surface area (Å²) in [6, 6.07) is -0.761. The highest BCUT2D eigenvalue weighted by molar-refractivity contribution is 6.60. The molecule has 0 rings (SSSR count). The van der Waals surface area contributed by atoms with Gasteiger partial charge in [-0.05, 0) is 6.42 Å². The number of halogens is 6. The molecular weight excluding hydrogens is 302 g/mol. The molecule has 0 aliphatic carbocycles. The Balaban J connectivity index is 4.75. The van der Waals surface area contributed by atoms with Crippen LogP contribution in [-0.2, 0) is 18.0 Å². The second kappa shape index (κ2) is 7.43. The zero-order valence-electron chi connectivity index (χ0n) is 10.2. The maximum Gasteiger partial charge on any atom is 0.516 e. The third-order valence-electron chi connectivity index (χ3n) is 1.75. The van der Waals surface area contributed by atoms with Gasteiger partial charge in [-0.3, -0.25) is 8.85 Å². The van der Waals surface area contributed by atoms with E-state index < -0.39 is 27.6 Å². The molecule has 0 N–H and O–H groups in total. The smallest absolute Gasteiger partial charge is 0.381 e. The molecule has 0 aliphatic heterocycles. The van der Waals surface area contributed by atoms with E-state index in [0.717, 1.165) is 0 Å². The molecule has 0 unspecified atom stereocenters. The average molecular weight is 316 g/mol. The minimum absolute atomic E-state index is 0.201. The van der Waals surface area contributed by atoms with Crippen molar-refractivity contribution < 1.29 is 44.4 Å². The van der Waals surface area contributed by atoms with Gasteiger partial charge in [-0.2, -0.15) is 0 Å². The van der Waals surface area contributed by atoms with Gasteiger partial charge in [0.1, 0.15) is 0 Å². The van der Waals surface area contributed by atoms with Gasteiger partial charge < -0.3 is 9.16 Å². The first kappa shape index (κ1) is 18.6. The predicted molar refractivity (Wildman–Crippen MR) is 53.0 cm³/mol. The summed E-state index contributed by atoms with van der Waals surface area (Å²) < 4.78 is 88.7. The summed E-state index contributed by atoms with van der Waals surface area (Å²) in [6.45, 7) is 1.55. The van der Waals surface area contributed by atoms with Crippen molar-refractivity contribution >= 4 is 8.80 Å². The van der Waals surface area contributed by atoms with Crippen LogP contribution >= 0.6 is 0 Å². The van der Waals surface area contributed by atoms with Crippen molar-refractivity contribution in [1.82, 2.24) is 0 Å². The summed E-state index contributed by atoms with van der Waals surface area (Å²) in [5, 5.41) is 0. The van der Waals surface area contributed by atoms with Crippen molar-refractivity contribution in [3.8, 4) is 0 Å². The largest absolute Gasteiger partial charge is 0.516 e. The molecule has 11 heteroatoms. The summed E-state index contributed by atoms with van der Waals surface area (Å²) in [5.74, 6) is 0. The van der Waals surface area contributed by atoms with Crippen LogP contribution in [0.25, 0.3) is 0 Å². The highest BCUT2D eigenvalue weighted by atomic mass is 28.4. The van der Waals surface area contributed by atoms with Crippen molar-refractivity contribution in [2.75, 3.05) is 20.3 Å². The highest BCUT2D eigenvalue weighted by Gasteiger charge is 2.56. The number of rotatable bonds is 8. The van der Waals surface area contributed by atoms with Crippen LogP contribution in [0.3, 0.4) is 0 Å². The first-order chi connectivity index (χ1) is 8.54. The van der Waals surface area contributed by atoms with Gasteiger partial charge in [0.15, 0.2) is 0 Å². The van der Waals surface area contributed by atoms with E-state index in [0.29, 0.717) is 13.5 Å². The quantitative estimate of drug-likeness (QED) is 0.392. The Morgan fingerprint density at radius 3 is 1.68 bits per heavy atom. The highest BCUT2D eigenvalue weighted by Crippen LogP contribution is 2.32. The topological polar surface area (TPSA) is 36.9 Å². The number of ether oxygens (including phenoxy) is 1. The second-order valence-electron chi connectivity index (χ2n) is 3.35. The molecule has 4 nitrogen and oxygen atoms in total. The molecule has 0 fully saturated rings. The first-order valence-corrected chi connectivity index (χ1v) is 7.13. The summed E-state index contributed by atoms with van der Waals surface area (Å²) in [7, 11) is -4.30. The average Bonchev–Trinajstić information content (AvgIpc) is 2.19. The lowest BCUT2D eigenvalue weighted by molar-refractivity contribution is -0.335. The van der Waals surface area contributed by atoms with Crippen LogP contribution < -0.4 is 0 Å². The van der Waals surface area contributed by atoms with Gasteiger partial charge in [-0.25, -0.2) is 0 Å². The number of hydrogen-bond donors (Lipinski definition) is 0. The maximum atomic E-state index is 12.1. The van der Waals surface area contributed by atoms with Gasteiger partial charge >= 0.3 is 21.5 Å². The lowest BCUT2D eigenvalue weighted by Gasteiger charge is -2.29. The van der Waals surface area contributed by atoms with Crippen molar-refractivity contribution in [2.24, 2.45) is 0 Å². The third kappa shape index (κ3) is 9.21. The van der Waals surface area contributed by atoms with E-state index in [2.05, 4.69) is 13.3 Å². The summed E-state index contributed by atoms with van der Waals surface area (Å²) in [4.78, 5) is 0. The molecule has 0 aromatic rings. The van der Waals surface area contributed by atoms with Crippen LogP contribution in [0, 0.1) is 0 Å². The lowest BCUT2D eigenvalue weighted by atomic mass is 10.5. The van der Waals surface area contributed by atoms with Crippen molar-refractivity contribution in [3.05, 3.63) is 0 Å². The molecule has 0 bridgehead atoms. The Labute approximate surface area is 106 Å². The predicted octanol–water partition coefficient (Wildman–Crippen LogP) is 3.07. The fourth-order valence-corrected chi connectivity index (χ4v) is 2.82. The number of alkyl halides is 6. The summed E-state index contributed by atoms with van der Waals surface area (Å²) >= 11 is 0. The normalized spacial score (nSPS) is 13.9. The Morgan fingerprint density at radius 1 is 0.895 bits per heavy atom. The van der Waals surface area contributed by atoms with E-state index in [-0.39, 0.29) is 13.2 Å². The minimum atomic E-state index is -5.29.